The van der Waals surface area contributed by atoms with Crippen molar-refractivity contribution in [3.8, 4) is 0 Å². The van der Waals surface area contributed by atoms with Crippen molar-refractivity contribution in [3.05, 3.63) is 12.2 Å². The van der Waals surface area contributed by atoms with Gasteiger partial charge in [-0.3, -0.25) is 4.79 Å². The first-order valence-corrected chi connectivity index (χ1v) is 6.56. The third-order valence-corrected chi connectivity index (χ3v) is 3.66. The lowest BCUT2D eigenvalue weighted by atomic mass is 9.74. The summed E-state index contributed by atoms with van der Waals surface area (Å²) in [7, 11) is 1.79. The maximum atomic E-state index is 12.0. The van der Waals surface area contributed by atoms with E-state index in [4.69, 9.17) is 5.11 Å². The summed E-state index contributed by atoms with van der Waals surface area (Å²) in [5.74, 6) is -0.257. The monoisotopic (exact) mass is 281 g/mol. The van der Waals surface area contributed by atoms with Crippen LogP contribution in [0, 0.1) is 0 Å². The molecule has 0 radical (unpaired) electrons. The van der Waals surface area contributed by atoms with Crippen molar-refractivity contribution in [1.82, 2.24) is 25.4 Å². The van der Waals surface area contributed by atoms with Crippen molar-refractivity contribution >= 4 is 12.0 Å². The van der Waals surface area contributed by atoms with Crippen LogP contribution in [0.15, 0.2) is 6.33 Å². The van der Waals surface area contributed by atoms with E-state index in [9.17, 15) is 9.59 Å². The minimum Gasteiger partial charge on any atom is -0.481 e. The topological polar surface area (TPSA) is 109 Å². The van der Waals surface area contributed by atoms with Gasteiger partial charge in [0.15, 0.2) is 5.82 Å². The van der Waals surface area contributed by atoms with Gasteiger partial charge in [-0.2, -0.15) is 0 Å². The van der Waals surface area contributed by atoms with E-state index in [0.717, 1.165) is 6.42 Å². The Labute approximate surface area is 116 Å². The van der Waals surface area contributed by atoms with Crippen LogP contribution in [0.2, 0.25) is 0 Å². The Morgan fingerprint density at radius 3 is 2.70 bits per heavy atom. The third kappa shape index (κ3) is 3.06. The molecule has 0 aliphatic heterocycles. The Morgan fingerprint density at radius 2 is 2.25 bits per heavy atom. The molecule has 1 atom stereocenters. The number of amides is 2. The van der Waals surface area contributed by atoms with Gasteiger partial charge in [0.05, 0.1) is 18.0 Å². The third-order valence-electron chi connectivity index (χ3n) is 3.66. The van der Waals surface area contributed by atoms with Crippen LogP contribution in [-0.2, 0) is 11.8 Å². The molecule has 8 nitrogen and oxygen atoms in total. The summed E-state index contributed by atoms with van der Waals surface area (Å²) >= 11 is 0. The summed E-state index contributed by atoms with van der Waals surface area (Å²) in [6.07, 6.45) is 3.85. The van der Waals surface area contributed by atoms with Gasteiger partial charge in [-0.05, 0) is 26.2 Å². The van der Waals surface area contributed by atoms with Gasteiger partial charge >= 0.3 is 12.0 Å². The maximum absolute atomic E-state index is 12.0. The maximum Gasteiger partial charge on any atom is 0.315 e. The first kappa shape index (κ1) is 14.3. The highest BCUT2D eigenvalue weighted by Gasteiger charge is 2.40. The predicted octanol–water partition coefficient (Wildman–Crippen LogP) is 0.573. The standard InChI is InChI=1S/C12H19N5O3/c1-8(10-16-13-7-17(10)2)14-11(20)15-12(4-3-5-12)6-9(18)19/h7-8H,3-6H2,1-2H3,(H,18,19)(H2,14,15,20). The number of carboxylic acids is 1. The van der Waals surface area contributed by atoms with Gasteiger partial charge in [-0.15, -0.1) is 10.2 Å². The van der Waals surface area contributed by atoms with Crippen molar-refractivity contribution in [2.24, 2.45) is 7.05 Å². The molecule has 2 rings (SSSR count). The van der Waals surface area contributed by atoms with Crippen LogP contribution in [0.3, 0.4) is 0 Å². The van der Waals surface area contributed by atoms with Crippen LogP contribution in [0.1, 0.15) is 44.5 Å². The second-order valence-corrected chi connectivity index (χ2v) is 5.32. The highest BCUT2D eigenvalue weighted by atomic mass is 16.4. The van der Waals surface area contributed by atoms with E-state index in [-0.39, 0.29) is 18.5 Å². The van der Waals surface area contributed by atoms with Crippen LogP contribution < -0.4 is 10.6 Å². The number of rotatable bonds is 5. The average molecular weight is 281 g/mol. The zero-order valence-electron chi connectivity index (χ0n) is 11.6. The number of hydrogen-bond acceptors (Lipinski definition) is 4. The highest BCUT2D eigenvalue weighted by Crippen LogP contribution is 2.34. The number of nitrogens with zero attached hydrogens (tertiary/aromatic N) is 3. The first-order chi connectivity index (χ1) is 9.42. The Morgan fingerprint density at radius 1 is 1.55 bits per heavy atom. The second-order valence-electron chi connectivity index (χ2n) is 5.32. The van der Waals surface area contributed by atoms with Crippen LogP contribution >= 0.6 is 0 Å². The van der Waals surface area contributed by atoms with E-state index in [1.54, 1.807) is 24.9 Å². The van der Waals surface area contributed by atoms with Gasteiger partial charge in [0.1, 0.15) is 6.33 Å². The summed E-state index contributed by atoms with van der Waals surface area (Å²) in [6, 6.07) is -0.675. The number of carboxylic acid groups (broad SMARTS) is 1. The molecule has 0 bridgehead atoms. The number of hydrogen-bond donors (Lipinski definition) is 3. The molecule has 1 heterocycles. The smallest absolute Gasteiger partial charge is 0.315 e. The summed E-state index contributed by atoms with van der Waals surface area (Å²) in [4.78, 5) is 22.8. The molecule has 1 aliphatic rings. The number of aryl methyl sites for hydroxylation is 1. The molecule has 0 spiro atoms. The van der Waals surface area contributed by atoms with E-state index < -0.39 is 11.5 Å². The molecule has 1 unspecified atom stereocenters. The molecule has 1 aliphatic carbocycles. The molecule has 3 N–H and O–H groups in total. The fourth-order valence-corrected chi connectivity index (χ4v) is 2.46. The molecule has 8 heteroatoms. The lowest BCUT2D eigenvalue weighted by Crippen LogP contribution is -2.57. The van der Waals surface area contributed by atoms with E-state index >= 15 is 0 Å². The quantitative estimate of drug-likeness (QED) is 0.731. The Balaban J connectivity index is 1.92. The number of urea groups is 1. The normalized spacial score (nSPS) is 17.9. The van der Waals surface area contributed by atoms with Crippen molar-refractivity contribution in [1.29, 1.82) is 0 Å². The van der Waals surface area contributed by atoms with Crippen molar-refractivity contribution in [2.45, 2.75) is 44.2 Å². The molecule has 1 fully saturated rings. The number of aromatic nitrogens is 3. The Hall–Kier alpha value is -2.12. The lowest BCUT2D eigenvalue weighted by Gasteiger charge is -2.41. The van der Waals surface area contributed by atoms with E-state index in [0.29, 0.717) is 18.7 Å². The van der Waals surface area contributed by atoms with E-state index in [1.807, 2.05) is 0 Å². The molecule has 2 amide bonds. The summed E-state index contributed by atoms with van der Waals surface area (Å²) in [5.41, 5.74) is -0.602. The second kappa shape index (κ2) is 5.48. The van der Waals surface area contributed by atoms with Gasteiger partial charge in [0.25, 0.3) is 0 Å². The number of aliphatic carboxylic acids is 1. The summed E-state index contributed by atoms with van der Waals surface area (Å²) in [5, 5.41) is 22.1. The van der Waals surface area contributed by atoms with Crippen LogP contribution in [0.25, 0.3) is 0 Å². The van der Waals surface area contributed by atoms with Crippen LogP contribution in [-0.4, -0.2) is 37.4 Å². The van der Waals surface area contributed by atoms with Gasteiger partial charge in [0.2, 0.25) is 0 Å². The number of nitrogens with one attached hydrogen (secondary N) is 2. The minimum atomic E-state index is -0.897. The fraction of sp³-hybridized carbons (Fsp3) is 0.667. The van der Waals surface area contributed by atoms with Gasteiger partial charge in [-0.25, -0.2) is 4.79 Å². The summed E-state index contributed by atoms with van der Waals surface area (Å²) < 4.78 is 1.72. The molecule has 1 aromatic heterocycles. The minimum absolute atomic E-state index is 0.0429. The van der Waals surface area contributed by atoms with E-state index in [1.165, 1.54) is 0 Å². The molecule has 20 heavy (non-hydrogen) atoms. The largest absolute Gasteiger partial charge is 0.481 e. The molecule has 1 aromatic rings. The number of carbonyl (C=O) groups excluding carboxylic acids is 1. The molecule has 0 saturated heterocycles. The lowest BCUT2D eigenvalue weighted by molar-refractivity contribution is -0.139. The zero-order valence-corrected chi connectivity index (χ0v) is 11.6. The van der Waals surface area contributed by atoms with Crippen molar-refractivity contribution in [2.75, 3.05) is 0 Å². The van der Waals surface area contributed by atoms with Gasteiger partial charge in [0, 0.05) is 7.05 Å². The molecule has 1 saturated carbocycles. The highest BCUT2D eigenvalue weighted by molar-refractivity contribution is 5.77. The Bertz CT molecular complexity index is 509. The van der Waals surface area contributed by atoms with Gasteiger partial charge in [-0.1, -0.05) is 0 Å². The molecular weight excluding hydrogens is 262 g/mol. The van der Waals surface area contributed by atoms with Gasteiger partial charge < -0.3 is 20.3 Å². The van der Waals surface area contributed by atoms with Crippen LogP contribution in [0.5, 0.6) is 0 Å². The molecule has 0 aromatic carbocycles. The SMILES string of the molecule is CC(NC(=O)NC1(CC(=O)O)CCC1)c1nncn1C. The van der Waals surface area contributed by atoms with Crippen molar-refractivity contribution in [3.63, 3.8) is 0 Å². The van der Waals surface area contributed by atoms with Crippen LogP contribution in [0.4, 0.5) is 4.79 Å². The Kier molecular flexibility index (Phi) is 3.91. The molecular formula is C12H19N5O3. The van der Waals surface area contributed by atoms with E-state index in [2.05, 4.69) is 20.8 Å². The number of carbonyl (C=O) groups is 2. The van der Waals surface area contributed by atoms with Crippen molar-refractivity contribution < 1.29 is 14.7 Å². The molecule has 110 valence electrons. The average Bonchev–Trinajstić information content (AvgIpc) is 2.71. The first-order valence-electron chi connectivity index (χ1n) is 6.56. The zero-order chi connectivity index (χ0) is 14.8. The predicted molar refractivity (Wildman–Crippen MR) is 69.9 cm³/mol. The summed E-state index contributed by atoms with van der Waals surface area (Å²) in [6.45, 7) is 1.80. The fourth-order valence-electron chi connectivity index (χ4n) is 2.46.